The second-order valence-corrected chi connectivity index (χ2v) is 9.53. The zero-order valence-electron chi connectivity index (χ0n) is 19.6. The largest absolute Gasteiger partial charge is 0.339 e. The fraction of sp³-hybridized carbons (Fsp3) is 0.346. The van der Waals surface area contributed by atoms with E-state index in [9.17, 15) is 14.4 Å². The quantitative estimate of drug-likeness (QED) is 0.694. The monoisotopic (exact) mass is 493 g/mol. The van der Waals surface area contributed by atoms with Gasteiger partial charge in [0.25, 0.3) is 5.91 Å². The van der Waals surface area contributed by atoms with Crippen molar-refractivity contribution < 1.29 is 14.4 Å². The summed E-state index contributed by atoms with van der Waals surface area (Å²) in [5, 5.41) is 3.36. The molecular weight excluding hydrogens is 466 g/mol. The average Bonchev–Trinajstić information content (AvgIpc) is 3.19. The van der Waals surface area contributed by atoms with Crippen molar-refractivity contribution in [2.45, 2.75) is 12.6 Å². The first kappa shape index (κ1) is 23.4. The van der Waals surface area contributed by atoms with Gasteiger partial charge in [-0.3, -0.25) is 19.4 Å². The zero-order chi connectivity index (χ0) is 24.5. The van der Waals surface area contributed by atoms with E-state index in [1.807, 2.05) is 29.2 Å². The second-order valence-electron chi connectivity index (χ2n) is 9.13. The molecule has 0 radical (unpaired) electrons. The van der Waals surface area contributed by atoms with E-state index in [1.165, 1.54) is 15.4 Å². The molecule has 35 heavy (non-hydrogen) atoms. The normalized spacial score (nSPS) is 20.9. The summed E-state index contributed by atoms with van der Waals surface area (Å²) in [5.41, 5.74) is 3.01. The van der Waals surface area contributed by atoms with Crippen LogP contribution in [-0.4, -0.2) is 83.8 Å². The molecule has 9 heteroatoms. The summed E-state index contributed by atoms with van der Waals surface area (Å²) in [6, 6.07) is 16.5. The van der Waals surface area contributed by atoms with Crippen LogP contribution in [-0.2, 0) is 16.1 Å². The highest BCUT2D eigenvalue weighted by molar-refractivity contribution is 6.31. The summed E-state index contributed by atoms with van der Waals surface area (Å²) < 4.78 is 0. The number of amides is 4. The molecule has 3 aliphatic rings. The summed E-state index contributed by atoms with van der Waals surface area (Å²) in [6.07, 6.45) is 0. The summed E-state index contributed by atoms with van der Waals surface area (Å²) in [6.45, 7) is 3.91. The number of likely N-dealkylation sites (N-methyl/N-ethyl adjacent to an activating group) is 1. The highest BCUT2D eigenvalue weighted by atomic mass is 35.5. The zero-order valence-corrected chi connectivity index (χ0v) is 20.4. The van der Waals surface area contributed by atoms with Gasteiger partial charge in [0.1, 0.15) is 6.54 Å². The van der Waals surface area contributed by atoms with Crippen LogP contribution in [0.2, 0.25) is 5.02 Å². The number of hydrogen-bond acceptors (Lipinski definition) is 4. The second kappa shape index (κ2) is 9.71. The Morgan fingerprint density at radius 2 is 1.69 bits per heavy atom. The van der Waals surface area contributed by atoms with Crippen molar-refractivity contribution in [3.8, 4) is 0 Å². The lowest BCUT2D eigenvalue weighted by Crippen LogP contribution is -2.51. The maximum atomic E-state index is 13.4. The minimum absolute atomic E-state index is 0.0121. The van der Waals surface area contributed by atoms with Crippen LogP contribution in [0.3, 0.4) is 0 Å². The Balaban J connectivity index is 1.24. The number of carbonyl (C=O) groups excluding carboxylic acids is 3. The van der Waals surface area contributed by atoms with Gasteiger partial charge < -0.3 is 15.1 Å². The van der Waals surface area contributed by atoms with Crippen molar-refractivity contribution in [1.29, 1.82) is 0 Å². The molecule has 1 saturated heterocycles. The molecule has 0 saturated carbocycles. The van der Waals surface area contributed by atoms with E-state index in [0.29, 0.717) is 34.9 Å². The Hall–Kier alpha value is -3.36. The molecular formula is C26H28ClN5O3. The topological polar surface area (TPSA) is 76.2 Å². The third-order valence-electron chi connectivity index (χ3n) is 6.95. The van der Waals surface area contributed by atoms with Gasteiger partial charge in [-0.05, 0) is 17.2 Å². The molecule has 182 valence electrons. The highest BCUT2D eigenvalue weighted by Crippen LogP contribution is 2.37. The minimum Gasteiger partial charge on any atom is -0.339 e. The van der Waals surface area contributed by atoms with Gasteiger partial charge in [-0.15, -0.1) is 0 Å². The smallest absolute Gasteiger partial charge is 0.322 e. The Labute approximate surface area is 209 Å². The maximum Gasteiger partial charge on any atom is 0.322 e. The standard InChI is InChI=1S/C26H28ClN5O3/c1-29-21-16-32(25(34)23(21)24(28-26(29)35)19-9-5-6-10-20(19)27)17-22(33)31-13-11-30(12-14-31)15-18-7-3-2-4-8-18/h2-10,24H,11-17H2,1H3,(H,28,35). The molecule has 5 rings (SSSR count). The predicted molar refractivity (Wildman–Crippen MR) is 132 cm³/mol. The van der Waals surface area contributed by atoms with Gasteiger partial charge in [-0.25, -0.2) is 4.79 Å². The first-order valence-corrected chi connectivity index (χ1v) is 12.1. The molecule has 8 nitrogen and oxygen atoms in total. The number of halogens is 1. The third-order valence-corrected chi connectivity index (χ3v) is 7.30. The Bertz CT molecular complexity index is 1180. The molecule has 2 aromatic rings. The van der Waals surface area contributed by atoms with E-state index in [2.05, 4.69) is 22.3 Å². The molecule has 1 fully saturated rings. The van der Waals surface area contributed by atoms with E-state index in [0.717, 1.165) is 19.6 Å². The van der Waals surface area contributed by atoms with Crippen molar-refractivity contribution >= 4 is 29.4 Å². The van der Waals surface area contributed by atoms with Crippen LogP contribution in [0.1, 0.15) is 17.2 Å². The first-order valence-electron chi connectivity index (χ1n) is 11.8. The van der Waals surface area contributed by atoms with E-state index in [-0.39, 0.29) is 30.9 Å². The van der Waals surface area contributed by atoms with Crippen molar-refractivity contribution in [2.75, 3.05) is 46.3 Å². The average molecular weight is 494 g/mol. The van der Waals surface area contributed by atoms with Gasteiger partial charge in [0.15, 0.2) is 0 Å². The number of carbonyl (C=O) groups is 3. The van der Waals surface area contributed by atoms with Crippen molar-refractivity contribution in [1.82, 2.24) is 24.9 Å². The third kappa shape index (κ3) is 4.63. The van der Waals surface area contributed by atoms with Crippen molar-refractivity contribution in [3.63, 3.8) is 0 Å². The first-order chi connectivity index (χ1) is 16.9. The van der Waals surface area contributed by atoms with E-state index in [4.69, 9.17) is 11.6 Å². The molecule has 0 aromatic heterocycles. The highest BCUT2D eigenvalue weighted by Gasteiger charge is 2.44. The van der Waals surface area contributed by atoms with E-state index < -0.39 is 6.04 Å². The lowest BCUT2D eigenvalue weighted by atomic mass is 9.96. The fourth-order valence-corrected chi connectivity index (χ4v) is 5.20. The molecule has 1 atom stereocenters. The summed E-state index contributed by atoms with van der Waals surface area (Å²) in [7, 11) is 1.64. The summed E-state index contributed by atoms with van der Waals surface area (Å²) in [5.74, 6) is -0.318. The van der Waals surface area contributed by atoms with Crippen LogP contribution in [0.25, 0.3) is 0 Å². The van der Waals surface area contributed by atoms with E-state index >= 15 is 0 Å². The number of urea groups is 1. The maximum absolute atomic E-state index is 13.4. The lowest BCUT2D eigenvalue weighted by molar-refractivity contribution is -0.139. The number of rotatable bonds is 5. The van der Waals surface area contributed by atoms with Crippen LogP contribution in [0.5, 0.6) is 0 Å². The lowest BCUT2D eigenvalue weighted by Gasteiger charge is -2.35. The van der Waals surface area contributed by atoms with Crippen LogP contribution in [0, 0.1) is 0 Å². The molecule has 1 unspecified atom stereocenters. The summed E-state index contributed by atoms with van der Waals surface area (Å²) >= 11 is 6.39. The molecule has 3 aliphatic heterocycles. The number of hydrogen-bond donors (Lipinski definition) is 1. The van der Waals surface area contributed by atoms with Gasteiger partial charge in [-0.1, -0.05) is 60.1 Å². The fourth-order valence-electron chi connectivity index (χ4n) is 4.95. The van der Waals surface area contributed by atoms with Crippen LogP contribution in [0.15, 0.2) is 65.9 Å². The van der Waals surface area contributed by atoms with Gasteiger partial charge in [-0.2, -0.15) is 0 Å². The Morgan fingerprint density at radius 3 is 2.40 bits per heavy atom. The van der Waals surface area contributed by atoms with Gasteiger partial charge in [0, 0.05) is 44.8 Å². The molecule has 3 heterocycles. The number of benzene rings is 2. The predicted octanol–water partition coefficient (Wildman–Crippen LogP) is 2.48. The molecule has 0 spiro atoms. The van der Waals surface area contributed by atoms with Crippen molar-refractivity contribution in [3.05, 3.63) is 82.0 Å². The van der Waals surface area contributed by atoms with E-state index in [1.54, 1.807) is 25.2 Å². The van der Waals surface area contributed by atoms with Gasteiger partial charge in [0.05, 0.1) is 23.9 Å². The molecule has 0 bridgehead atoms. The number of nitrogens with zero attached hydrogens (tertiary/aromatic N) is 4. The number of nitrogens with one attached hydrogen (secondary N) is 1. The number of piperazine rings is 1. The Kier molecular flexibility index (Phi) is 6.49. The van der Waals surface area contributed by atoms with Gasteiger partial charge >= 0.3 is 6.03 Å². The molecule has 4 amide bonds. The van der Waals surface area contributed by atoms with Crippen LogP contribution >= 0.6 is 11.6 Å². The minimum atomic E-state index is -0.642. The SMILES string of the molecule is CN1C(=O)NC(c2ccccc2Cl)C2=C1CN(CC(=O)N1CCN(Cc3ccccc3)CC1)C2=O. The van der Waals surface area contributed by atoms with Crippen LogP contribution < -0.4 is 5.32 Å². The van der Waals surface area contributed by atoms with Crippen molar-refractivity contribution in [2.24, 2.45) is 0 Å². The van der Waals surface area contributed by atoms with Crippen LogP contribution in [0.4, 0.5) is 4.79 Å². The Morgan fingerprint density at radius 1 is 1.00 bits per heavy atom. The van der Waals surface area contributed by atoms with Gasteiger partial charge in [0.2, 0.25) is 5.91 Å². The molecule has 2 aromatic carbocycles. The molecule has 0 aliphatic carbocycles. The molecule has 1 N–H and O–H groups in total. The summed E-state index contributed by atoms with van der Waals surface area (Å²) in [4.78, 5) is 46.3.